The molecule has 216 valence electrons. The summed E-state index contributed by atoms with van der Waals surface area (Å²) in [6.07, 6.45) is 15.1. The normalized spacial score (nSPS) is 13.4. The second-order valence-electron chi connectivity index (χ2n) is 11.6. The van der Waals surface area contributed by atoms with Crippen LogP contribution in [0, 0.1) is 0 Å². The van der Waals surface area contributed by atoms with Crippen molar-refractivity contribution in [2.24, 2.45) is 0 Å². The Kier molecular flexibility index (Phi) is 5.96. The highest BCUT2D eigenvalue weighted by Crippen LogP contribution is 2.39. The lowest BCUT2D eigenvalue weighted by molar-refractivity contribution is 1.21. The van der Waals surface area contributed by atoms with Gasteiger partial charge in [0.25, 0.3) is 5.56 Å². The molecule has 0 fully saturated rings. The van der Waals surface area contributed by atoms with Gasteiger partial charge in [-0.05, 0) is 94.7 Å². The molecule has 5 heterocycles. The van der Waals surface area contributed by atoms with E-state index in [0.717, 1.165) is 83.9 Å². The fraction of sp³-hybridized carbons (Fsp3) is 0.0244. The number of benzene rings is 3. The Morgan fingerprint density at radius 1 is 0.522 bits per heavy atom. The van der Waals surface area contributed by atoms with Crippen molar-refractivity contribution >= 4 is 49.1 Å². The molecule has 0 unspecified atom stereocenters. The maximum atomic E-state index is 14.0. The Bertz CT molecular complexity index is 2600. The fourth-order valence-corrected chi connectivity index (χ4v) is 6.73. The minimum Gasteiger partial charge on any atom is -0.275 e. The first kappa shape index (κ1) is 26.2. The molecule has 0 saturated heterocycles. The summed E-state index contributed by atoms with van der Waals surface area (Å²) in [5.41, 5.74) is 9.90. The van der Waals surface area contributed by atoms with Gasteiger partial charge in [0, 0.05) is 45.7 Å². The summed E-state index contributed by atoms with van der Waals surface area (Å²) in [4.78, 5) is 27.7. The Morgan fingerprint density at radius 3 is 1.93 bits per heavy atom. The van der Waals surface area contributed by atoms with Crippen LogP contribution in [0.2, 0.25) is 0 Å². The second-order valence-corrected chi connectivity index (χ2v) is 11.6. The molecule has 0 spiro atoms. The van der Waals surface area contributed by atoms with Gasteiger partial charge in [-0.3, -0.25) is 24.1 Å². The van der Waals surface area contributed by atoms with Crippen LogP contribution in [0.5, 0.6) is 0 Å². The van der Waals surface area contributed by atoms with Crippen LogP contribution in [0.25, 0.3) is 71.6 Å². The molecular formula is C41H26N4O. The number of pyridine rings is 4. The summed E-state index contributed by atoms with van der Waals surface area (Å²) in [6.45, 7) is 0. The van der Waals surface area contributed by atoms with E-state index < -0.39 is 0 Å². The first-order valence-corrected chi connectivity index (χ1v) is 15.4. The fourth-order valence-electron chi connectivity index (χ4n) is 6.73. The van der Waals surface area contributed by atoms with E-state index in [2.05, 4.69) is 76.7 Å². The van der Waals surface area contributed by atoms with Crippen molar-refractivity contribution in [3.8, 4) is 22.5 Å². The summed E-state index contributed by atoms with van der Waals surface area (Å²) in [5, 5.41) is 4.85. The first-order chi connectivity index (χ1) is 22.7. The molecule has 9 rings (SSSR count). The average Bonchev–Trinajstić information content (AvgIpc) is 3.26. The number of rotatable bonds is 4. The second kappa shape index (κ2) is 10.5. The molecule has 46 heavy (non-hydrogen) atoms. The molecule has 0 saturated carbocycles. The summed E-state index contributed by atoms with van der Waals surface area (Å²) < 4.78 is 1.90. The van der Waals surface area contributed by atoms with Gasteiger partial charge in [-0.15, -0.1) is 0 Å². The largest absolute Gasteiger partial charge is 0.275 e. The van der Waals surface area contributed by atoms with Crippen LogP contribution in [-0.4, -0.2) is 19.4 Å². The van der Waals surface area contributed by atoms with Crippen molar-refractivity contribution in [1.29, 1.82) is 0 Å². The molecule has 1 aliphatic carbocycles. The van der Waals surface area contributed by atoms with Gasteiger partial charge < -0.3 is 0 Å². The van der Waals surface area contributed by atoms with E-state index in [1.54, 1.807) is 6.20 Å². The van der Waals surface area contributed by atoms with Gasteiger partial charge in [0.15, 0.2) is 0 Å². The summed E-state index contributed by atoms with van der Waals surface area (Å²) >= 11 is 0. The lowest BCUT2D eigenvalue weighted by atomic mass is 9.96. The lowest BCUT2D eigenvalue weighted by Crippen LogP contribution is -2.12. The molecule has 1 aliphatic rings. The van der Waals surface area contributed by atoms with Crippen molar-refractivity contribution < 1.29 is 0 Å². The molecule has 0 N–H and O–H groups in total. The van der Waals surface area contributed by atoms with Gasteiger partial charge in [-0.1, -0.05) is 66.8 Å². The van der Waals surface area contributed by atoms with E-state index in [4.69, 9.17) is 4.98 Å². The van der Waals surface area contributed by atoms with Crippen LogP contribution in [0.3, 0.4) is 0 Å². The van der Waals surface area contributed by atoms with Crippen LogP contribution in [0.1, 0.15) is 17.7 Å². The molecule has 0 radical (unpaired) electrons. The van der Waals surface area contributed by atoms with Gasteiger partial charge in [-0.25, -0.2) is 0 Å². The van der Waals surface area contributed by atoms with E-state index in [1.165, 1.54) is 0 Å². The van der Waals surface area contributed by atoms with Gasteiger partial charge >= 0.3 is 0 Å². The van der Waals surface area contributed by atoms with Crippen LogP contribution in [0.4, 0.5) is 0 Å². The number of hydrogen-bond donors (Lipinski definition) is 0. The average molecular weight is 591 g/mol. The van der Waals surface area contributed by atoms with Crippen LogP contribution >= 0.6 is 0 Å². The molecule has 8 aromatic rings. The van der Waals surface area contributed by atoms with Gasteiger partial charge in [0.2, 0.25) is 0 Å². The Morgan fingerprint density at radius 2 is 1.17 bits per heavy atom. The molecule has 5 heteroatoms. The lowest BCUT2D eigenvalue weighted by Gasteiger charge is -2.10. The smallest absolute Gasteiger partial charge is 0.263 e. The molecular weight excluding hydrogens is 564 g/mol. The zero-order valence-electron chi connectivity index (χ0n) is 24.8. The molecule has 5 aromatic heterocycles. The van der Waals surface area contributed by atoms with E-state index in [1.807, 2.05) is 77.5 Å². The molecule has 0 atom stereocenters. The highest BCUT2D eigenvalue weighted by molar-refractivity contribution is 6.21. The predicted octanol–water partition coefficient (Wildman–Crippen LogP) is 9.14. The Labute approximate surface area is 264 Å². The monoisotopic (exact) mass is 590 g/mol. The van der Waals surface area contributed by atoms with Crippen molar-refractivity contribution in [2.45, 2.75) is 6.42 Å². The van der Waals surface area contributed by atoms with Crippen molar-refractivity contribution in [1.82, 2.24) is 19.4 Å². The number of hydrogen-bond acceptors (Lipinski definition) is 4. The van der Waals surface area contributed by atoms with Crippen LogP contribution in [-0.2, 0) is 0 Å². The third-order valence-corrected chi connectivity index (χ3v) is 8.95. The highest BCUT2D eigenvalue weighted by Gasteiger charge is 2.19. The van der Waals surface area contributed by atoms with E-state index >= 15 is 0 Å². The predicted molar refractivity (Wildman–Crippen MR) is 188 cm³/mol. The topological polar surface area (TPSA) is 60.2 Å². The Balaban J connectivity index is 1.24. The minimum absolute atomic E-state index is 0.00256. The number of allylic oxidation sites excluding steroid dienone is 6. The van der Waals surface area contributed by atoms with E-state index in [0.29, 0.717) is 5.39 Å². The third kappa shape index (κ3) is 4.17. The van der Waals surface area contributed by atoms with Gasteiger partial charge in [-0.2, -0.15) is 0 Å². The van der Waals surface area contributed by atoms with Gasteiger partial charge in [0.05, 0.1) is 28.1 Å². The summed E-state index contributed by atoms with van der Waals surface area (Å²) in [7, 11) is 0. The standard InChI is InChI=1S/C41H26N4O/c46-41-32-11-2-1-10-31(32)34-23-30(26-8-7-9-27(15-14-26)36-12-3-5-20-42-36)24-35-33-22-28(17-19-39(33)45(41)40(34)35)29-16-18-38(44-25-29)37-13-4-6-21-43-37/h1-6,8-25H,7H2. The third-order valence-electron chi connectivity index (χ3n) is 8.95. The van der Waals surface area contributed by atoms with E-state index in [9.17, 15) is 4.79 Å². The molecule has 0 amide bonds. The number of aromatic nitrogens is 4. The first-order valence-electron chi connectivity index (χ1n) is 15.4. The highest BCUT2D eigenvalue weighted by atomic mass is 16.1. The van der Waals surface area contributed by atoms with Gasteiger partial charge in [0.1, 0.15) is 0 Å². The minimum atomic E-state index is 0.00256. The quantitative estimate of drug-likeness (QED) is 0.192. The number of nitrogens with zero attached hydrogens (tertiary/aromatic N) is 4. The van der Waals surface area contributed by atoms with Crippen molar-refractivity contribution in [3.05, 3.63) is 168 Å². The van der Waals surface area contributed by atoms with E-state index in [-0.39, 0.29) is 5.56 Å². The SMILES string of the molecule is O=c1c2ccccc2c2cc(C3=CCC=C(c4ccccn4)C=C3)cc3c4cc(-c5ccc(-c6ccccn6)nc5)ccc4n1c23. The molecule has 0 bridgehead atoms. The molecule has 5 nitrogen and oxygen atoms in total. The Hall–Kier alpha value is -6.20. The zero-order valence-corrected chi connectivity index (χ0v) is 24.8. The maximum Gasteiger partial charge on any atom is 0.263 e. The zero-order chi connectivity index (χ0) is 30.6. The van der Waals surface area contributed by atoms with Crippen molar-refractivity contribution in [3.63, 3.8) is 0 Å². The molecule has 0 aliphatic heterocycles. The summed E-state index contributed by atoms with van der Waals surface area (Å²) in [6, 6.07) is 34.7. The van der Waals surface area contributed by atoms with Crippen LogP contribution in [0.15, 0.2) is 151 Å². The maximum absolute atomic E-state index is 14.0. The number of fused-ring (bicyclic) bond motifs is 5. The van der Waals surface area contributed by atoms with Crippen molar-refractivity contribution in [2.75, 3.05) is 0 Å². The summed E-state index contributed by atoms with van der Waals surface area (Å²) in [5.74, 6) is 0. The van der Waals surface area contributed by atoms with Crippen LogP contribution < -0.4 is 5.56 Å². The molecule has 3 aromatic carbocycles.